The van der Waals surface area contributed by atoms with E-state index in [-0.39, 0.29) is 5.91 Å². The third-order valence-corrected chi connectivity index (χ3v) is 5.63. The third kappa shape index (κ3) is 3.26. The van der Waals surface area contributed by atoms with Crippen molar-refractivity contribution < 1.29 is 9.53 Å². The van der Waals surface area contributed by atoms with Crippen LogP contribution in [0.5, 0.6) is 0 Å². The van der Waals surface area contributed by atoms with Gasteiger partial charge in [-0.15, -0.1) is 0 Å². The molecule has 29 heavy (non-hydrogen) atoms. The van der Waals surface area contributed by atoms with E-state index in [1.54, 1.807) is 0 Å². The number of morpholine rings is 1. The van der Waals surface area contributed by atoms with Gasteiger partial charge in [-0.25, -0.2) is 0 Å². The number of amides is 1. The van der Waals surface area contributed by atoms with Crippen molar-refractivity contribution in [3.8, 4) is 11.1 Å². The summed E-state index contributed by atoms with van der Waals surface area (Å²) in [5.41, 5.74) is 4.87. The quantitative estimate of drug-likeness (QED) is 0.498. The summed E-state index contributed by atoms with van der Waals surface area (Å²) in [5, 5.41) is 3.40. The van der Waals surface area contributed by atoms with Crippen molar-refractivity contribution in [1.82, 2.24) is 9.88 Å². The first-order valence-corrected chi connectivity index (χ1v) is 9.97. The van der Waals surface area contributed by atoms with Crippen molar-refractivity contribution in [1.29, 1.82) is 0 Å². The van der Waals surface area contributed by atoms with Crippen LogP contribution in [0.4, 0.5) is 0 Å². The predicted molar refractivity (Wildman–Crippen MR) is 116 cm³/mol. The Morgan fingerprint density at radius 1 is 0.897 bits per heavy atom. The zero-order chi connectivity index (χ0) is 19.8. The van der Waals surface area contributed by atoms with Crippen LogP contribution in [0, 0.1) is 6.92 Å². The summed E-state index contributed by atoms with van der Waals surface area (Å²) in [6, 6.07) is 22.7. The van der Waals surface area contributed by atoms with E-state index in [9.17, 15) is 4.79 Å². The van der Waals surface area contributed by atoms with E-state index in [2.05, 4.69) is 48.5 Å². The fraction of sp³-hybridized carbons (Fsp3) is 0.200. The smallest absolute Gasteiger partial charge is 0.254 e. The number of fused-ring (bicyclic) bond motifs is 2. The normalized spacial score (nSPS) is 14.4. The SMILES string of the molecule is Cc1nc2ccc(C(=O)N3CCOCC3)cc2cc1-c1cccc2ccccc12. The van der Waals surface area contributed by atoms with Crippen molar-refractivity contribution >= 4 is 27.6 Å². The number of pyridine rings is 1. The lowest BCUT2D eigenvalue weighted by molar-refractivity contribution is 0.0303. The molecule has 0 N–H and O–H groups in total. The molecule has 2 heterocycles. The topological polar surface area (TPSA) is 42.4 Å². The standard InChI is InChI=1S/C25H22N2O2/c1-17-23(22-8-4-6-18-5-2-3-7-21(18)22)16-20-15-19(9-10-24(20)26-17)25(28)27-11-13-29-14-12-27/h2-10,15-16H,11-14H2,1H3. The van der Waals surface area contributed by atoms with Gasteiger partial charge >= 0.3 is 0 Å². The number of hydrogen-bond donors (Lipinski definition) is 0. The minimum absolute atomic E-state index is 0.0579. The molecule has 1 aliphatic heterocycles. The summed E-state index contributed by atoms with van der Waals surface area (Å²) in [4.78, 5) is 19.6. The number of benzene rings is 3. The van der Waals surface area contributed by atoms with Gasteiger partial charge in [0.05, 0.1) is 18.7 Å². The van der Waals surface area contributed by atoms with Crippen LogP contribution in [0.15, 0.2) is 66.7 Å². The Morgan fingerprint density at radius 3 is 2.55 bits per heavy atom. The van der Waals surface area contributed by atoms with E-state index in [1.165, 1.54) is 16.3 Å². The molecule has 0 radical (unpaired) electrons. The number of carbonyl (C=O) groups is 1. The maximum atomic E-state index is 12.9. The Hall–Kier alpha value is -3.24. The summed E-state index contributed by atoms with van der Waals surface area (Å²) in [5.74, 6) is 0.0579. The molecule has 0 bridgehead atoms. The summed E-state index contributed by atoms with van der Waals surface area (Å²) in [7, 11) is 0. The van der Waals surface area contributed by atoms with Crippen molar-refractivity contribution in [3.63, 3.8) is 0 Å². The van der Waals surface area contributed by atoms with Crippen LogP contribution in [0.25, 0.3) is 32.8 Å². The van der Waals surface area contributed by atoms with E-state index >= 15 is 0 Å². The number of rotatable bonds is 2. The van der Waals surface area contributed by atoms with Gasteiger partial charge in [0.15, 0.2) is 0 Å². The largest absolute Gasteiger partial charge is 0.378 e. The van der Waals surface area contributed by atoms with Crippen LogP contribution in [0.1, 0.15) is 16.1 Å². The lowest BCUT2D eigenvalue weighted by Crippen LogP contribution is -2.40. The van der Waals surface area contributed by atoms with Crippen LogP contribution in [0.3, 0.4) is 0 Å². The molecule has 1 aliphatic rings. The Morgan fingerprint density at radius 2 is 1.69 bits per heavy atom. The molecular formula is C25H22N2O2. The molecule has 1 saturated heterocycles. The van der Waals surface area contributed by atoms with Gasteiger partial charge in [0.2, 0.25) is 0 Å². The molecule has 144 valence electrons. The first-order chi connectivity index (χ1) is 14.2. The highest BCUT2D eigenvalue weighted by atomic mass is 16.5. The monoisotopic (exact) mass is 382 g/mol. The first-order valence-electron chi connectivity index (χ1n) is 9.97. The van der Waals surface area contributed by atoms with Crippen LogP contribution in [0.2, 0.25) is 0 Å². The molecule has 0 atom stereocenters. The summed E-state index contributed by atoms with van der Waals surface area (Å²) in [6.45, 7) is 4.54. The molecule has 5 rings (SSSR count). The Balaban J connectivity index is 1.61. The number of nitrogens with zero attached hydrogens (tertiary/aromatic N) is 2. The Bertz CT molecular complexity index is 1220. The van der Waals surface area contributed by atoms with Crippen LogP contribution >= 0.6 is 0 Å². The Labute approximate surface area is 169 Å². The molecular weight excluding hydrogens is 360 g/mol. The average Bonchev–Trinajstić information content (AvgIpc) is 2.78. The minimum atomic E-state index is 0.0579. The molecule has 4 heteroatoms. The highest BCUT2D eigenvalue weighted by Gasteiger charge is 2.19. The van der Waals surface area contributed by atoms with Crippen LogP contribution < -0.4 is 0 Å². The van der Waals surface area contributed by atoms with E-state index in [0.29, 0.717) is 31.9 Å². The molecule has 0 aliphatic carbocycles. The van der Waals surface area contributed by atoms with Gasteiger partial charge in [0.25, 0.3) is 5.91 Å². The van der Waals surface area contributed by atoms with Gasteiger partial charge in [0, 0.05) is 35.3 Å². The second-order valence-corrected chi connectivity index (χ2v) is 7.46. The molecule has 0 saturated carbocycles. The van der Waals surface area contributed by atoms with Crippen LogP contribution in [-0.4, -0.2) is 42.1 Å². The fourth-order valence-corrected chi connectivity index (χ4v) is 4.09. The number of hydrogen-bond acceptors (Lipinski definition) is 3. The molecule has 4 nitrogen and oxygen atoms in total. The minimum Gasteiger partial charge on any atom is -0.378 e. The van der Waals surface area contributed by atoms with E-state index in [4.69, 9.17) is 9.72 Å². The maximum absolute atomic E-state index is 12.9. The lowest BCUT2D eigenvalue weighted by atomic mass is 9.96. The van der Waals surface area contributed by atoms with Gasteiger partial charge < -0.3 is 9.64 Å². The molecule has 0 unspecified atom stereocenters. The maximum Gasteiger partial charge on any atom is 0.254 e. The fourth-order valence-electron chi connectivity index (χ4n) is 4.09. The molecule has 1 fully saturated rings. The lowest BCUT2D eigenvalue weighted by Gasteiger charge is -2.27. The first kappa shape index (κ1) is 17.8. The van der Waals surface area contributed by atoms with Gasteiger partial charge in [0.1, 0.15) is 0 Å². The van der Waals surface area contributed by atoms with Gasteiger partial charge in [-0.1, -0.05) is 42.5 Å². The van der Waals surface area contributed by atoms with Gasteiger partial charge in [-0.2, -0.15) is 0 Å². The molecule has 4 aromatic rings. The predicted octanol–water partition coefficient (Wildman–Crippen LogP) is 4.84. The summed E-state index contributed by atoms with van der Waals surface area (Å²) in [6.07, 6.45) is 0. The van der Waals surface area contributed by atoms with Crippen molar-refractivity contribution in [2.45, 2.75) is 6.92 Å². The van der Waals surface area contributed by atoms with E-state index < -0.39 is 0 Å². The van der Waals surface area contributed by atoms with Gasteiger partial charge in [-0.3, -0.25) is 9.78 Å². The average molecular weight is 382 g/mol. The van der Waals surface area contributed by atoms with E-state index in [1.807, 2.05) is 30.0 Å². The highest BCUT2D eigenvalue weighted by Crippen LogP contribution is 2.32. The number of aryl methyl sites for hydroxylation is 1. The third-order valence-electron chi connectivity index (χ3n) is 5.63. The number of aromatic nitrogens is 1. The zero-order valence-electron chi connectivity index (χ0n) is 16.4. The molecule has 0 spiro atoms. The molecule has 3 aromatic carbocycles. The number of carbonyl (C=O) groups excluding carboxylic acids is 1. The van der Waals surface area contributed by atoms with Crippen molar-refractivity contribution in [2.75, 3.05) is 26.3 Å². The molecule has 1 amide bonds. The molecule has 1 aromatic heterocycles. The second kappa shape index (κ2) is 7.30. The van der Waals surface area contributed by atoms with E-state index in [0.717, 1.165) is 22.2 Å². The number of ether oxygens (including phenoxy) is 1. The zero-order valence-corrected chi connectivity index (χ0v) is 16.4. The second-order valence-electron chi connectivity index (χ2n) is 7.46. The summed E-state index contributed by atoms with van der Waals surface area (Å²) < 4.78 is 5.37. The van der Waals surface area contributed by atoms with Crippen LogP contribution in [-0.2, 0) is 4.74 Å². The van der Waals surface area contributed by atoms with Crippen molar-refractivity contribution in [2.24, 2.45) is 0 Å². The van der Waals surface area contributed by atoms with Gasteiger partial charge in [-0.05, 0) is 47.5 Å². The Kier molecular flexibility index (Phi) is 4.49. The summed E-state index contributed by atoms with van der Waals surface area (Å²) >= 11 is 0. The highest BCUT2D eigenvalue weighted by molar-refractivity contribution is 6.01. The van der Waals surface area contributed by atoms with Crippen molar-refractivity contribution in [3.05, 3.63) is 78.0 Å².